The van der Waals surface area contributed by atoms with Crippen molar-refractivity contribution in [3.63, 3.8) is 0 Å². The van der Waals surface area contributed by atoms with Crippen LogP contribution in [0.15, 0.2) is 59.5 Å². The van der Waals surface area contributed by atoms with Gasteiger partial charge in [0.1, 0.15) is 0 Å². The number of benzene rings is 2. The molecule has 2 saturated heterocycles. The van der Waals surface area contributed by atoms with Crippen LogP contribution in [0.5, 0.6) is 0 Å². The van der Waals surface area contributed by atoms with Crippen LogP contribution >= 0.6 is 0 Å². The highest BCUT2D eigenvalue weighted by atomic mass is 32.2. The lowest BCUT2D eigenvalue weighted by Crippen LogP contribution is -2.50. The number of nitrogens with one attached hydrogen (secondary N) is 1. The van der Waals surface area contributed by atoms with E-state index in [4.69, 9.17) is 0 Å². The smallest absolute Gasteiger partial charge is 0.251 e. The molecule has 2 heterocycles. The number of imide groups is 1. The maximum atomic E-state index is 12.9. The highest BCUT2D eigenvalue weighted by Crippen LogP contribution is 2.28. The highest BCUT2D eigenvalue weighted by Gasteiger charge is 2.43. The van der Waals surface area contributed by atoms with E-state index >= 15 is 0 Å². The van der Waals surface area contributed by atoms with E-state index in [2.05, 4.69) is 4.72 Å². The predicted molar refractivity (Wildman–Crippen MR) is 113 cm³/mol. The van der Waals surface area contributed by atoms with Crippen LogP contribution in [0.1, 0.15) is 24.8 Å². The summed E-state index contributed by atoms with van der Waals surface area (Å²) in [6.07, 6.45) is 1.34. The van der Waals surface area contributed by atoms with Gasteiger partial charge in [-0.15, -0.1) is 0 Å². The Balaban J connectivity index is 1.38. The van der Waals surface area contributed by atoms with Crippen molar-refractivity contribution in [2.75, 3.05) is 18.0 Å². The fraction of sp³-hybridized carbons (Fsp3) is 0.364. The molecule has 30 heavy (non-hydrogen) atoms. The minimum absolute atomic E-state index is 0.160. The summed E-state index contributed by atoms with van der Waals surface area (Å²) in [6.45, 7) is 3.08. The van der Waals surface area contributed by atoms with Gasteiger partial charge < -0.3 is 0 Å². The molecular formula is C22H25N3O4S. The molecular weight excluding hydrogens is 402 g/mol. The fourth-order valence-corrected chi connectivity index (χ4v) is 5.41. The summed E-state index contributed by atoms with van der Waals surface area (Å²) < 4.78 is 27.8. The Morgan fingerprint density at radius 2 is 1.57 bits per heavy atom. The van der Waals surface area contributed by atoms with Gasteiger partial charge in [-0.05, 0) is 44.0 Å². The molecule has 2 fully saturated rings. The van der Waals surface area contributed by atoms with Crippen molar-refractivity contribution in [3.8, 4) is 0 Å². The minimum Gasteiger partial charge on any atom is -0.291 e. The molecule has 7 nitrogen and oxygen atoms in total. The SMILES string of the molecule is Cc1ccc(N2C(=O)C[C@H](N3CCC(NS(=O)(=O)c4ccccc4)CC3)C2=O)cc1. The second-order valence-corrected chi connectivity index (χ2v) is 9.58. The Kier molecular flexibility index (Phi) is 5.73. The summed E-state index contributed by atoms with van der Waals surface area (Å²) in [7, 11) is -3.56. The first kappa shape index (κ1) is 20.7. The van der Waals surface area contributed by atoms with Crippen molar-refractivity contribution in [2.24, 2.45) is 0 Å². The van der Waals surface area contributed by atoms with E-state index < -0.39 is 16.1 Å². The molecule has 2 aliphatic rings. The quantitative estimate of drug-likeness (QED) is 0.739. The Bertz CT molecular complexity index is 1030. The van der Waals surface area contributed by atoms with Crippen molar-refractivity contribution in [1.29, 1.82) is 0 Å². The molecule has 2 amide bonds. The van der Waals surface area contributed by atoms with E-state index in [1.807, 2.05) is 24.0 Å². The van der Waals surface area contributed by atoms with Gasteiger partial charge in [-0.1, -0.05) is 35.9 Å². The van der Waals surface area contributed by atoms with Gasteiger partial charge >= 0.3 is 0 Å². The second kappa shape index (κ2) is 8.29. The number of amides is 2. The molecule has 0 radical (unpaired) electrons. The summed E-state index contributed by atoms with van der Waals surface area (Å²) in [4.78, 5) is 29.0. The molecule has 0 saturated carbocycles. The van der Waals surface area contributed by atoms with Crippen molar-refractivity contribution in [3.05, 3.63) is 60.2 Å². The van der Waals surface area contributed by atoms with Crippen molar-refractivity contribution < 1.29 is 18.0 Å². The average Bonchev–Trinajstić information content (AvgIpc) is 3.04. The Hall–Kier alpha value is -2.55. The van der Waals surface area contributed by atoms with Crippen LogP contribution in [0.2, 0.25) is 0 Å². The van der Waals surface area contributed by atoms with Gasteiger partial charge in [0.2, 0.25) is 15.9 Å². The largest absolute Gasteiger partial charge is 0.291 e. The first-order chi connectivity index (χ1) is 14.3. The Labute approximate surface area is 176 Å². The number of nitrogens with zero attached hydrogens (tertiary/aromatic N) is 2. The van der Waals surface area contributed by atoms with Gasteiger partial charge in [-0.25, -0.2) is 18.0 Å². The number of carbonyl (C=O) groups is 2. The molecule has 0 aromatic heterocycles. The third kappa shape index (κ3) is 4.16. The van der Waals surface area contributed by atoms with Crippen LogP contribution in [0.3, 0.4) is 0 Å². The van der Waals surface area contributed by atoms with Crippen LogP contribution in [-0.4, -0.2) is 50.3 Å². The van der Waals surface area contributed by atoms with Gasteiger partial charge in [0.05, 0.1) is 23.0 Å². The molecule has 0 aliphatic carbocycles. The van der Waals surface area contributed by atoms with E-state index in [9.17, 15) is 18.0 Å². The molecule has 2 aliphatic heterocycles. The first-order valence-corrected chi connectivity index (χ1v) is 11.6. The molecule has 1 N–H and O–H groups in total. The monoisotopic (exact) mass is 427 g/mol. The lowest BCUT2D eigenvalue weighted by Gasteiger charge is -2.34. The molecule has 2 aromatic rings. The zero-order chi connectivity index (χ0) is 21.3. The first-order valence-electron chi connectivity index (χ1n) is 10.1. The molecule has 2 aromatic carbocycles. The highest BCUT2D eigenvalue weighted by molar-refractivity contribution is 7.89. The van der Waals surface area contributed by atoms with Crippen LogP contribution < -0.4 is 9.62 Å². The lowest BCUT2D eigenvalue weighted by atomic mass is 10.0. The van der Waals surface area contributed by atoms with E-state index in [0.29, 0.717) is 31.6 Å². The van der Waals surface area contributed by atoms with Gasteiger partial charge in [-0.3, -0.25) is 14.5 Å². The van der Waals surface area contributed by atoms with E-state index in [1.54, 1.807) is 42.5 Å². The number of likely N-dealkylation sites (tertiary alicyclic amines) is 1. The van der Waals surface area contributed by atoms with Crippen LogP contribution in [0.4, 0.5) is 5.69 Å². The molecule has 0 bridgehead atoms. The molecule has 1 atom stereocenters. The van der Waals surface area contributed by atoms with Crippen molar-refractivity contribution >= 4 is 27.5 Å². The molecule has 8 heteroatoms. The van der Waals surface area contributed by atoms with Crippen LogP contribution in [-0.2, 0) is 19.6 Å². The number of hydrogen-bond donors (Lipinski definition) is 1. The van der Waals surface area contributed by atoms with Crippen molar-refractivity contribution in [2.45, 2.75) is 43.2 Å². The third-order valence-corrected chi connectivity index (χ3v) is 7.30. The van der Waals surface area contributed by atoms with E-state index in [1.165, 1.54) is 4.90 Å². The van der Waals surface area contributed by atoms with Gasteiger partial charge in [0.15, 0.2) is 0 Å². The number of carbonyl (C=O) groups excluding carboxylic acids is 2. The minimum atomic E-state index is -3.56. The normalized spacial score (nSPS) is 21.4. The Morgan fingerprint density at radius 3 is 2.20 bits per heavy atom. The summed E-state index contributed by atoms with van der Waals surface area (Å²) in [6, 6.07) is 15.0. The Morgan fingerprint density at radius 1 is 0.933 bits per heavy atom. The van der Waals surface area contributed by atoms with Gasteiger partial charge in [-0.2, -0.15) is 0 Å². The zero-order valence-corrected chi connectivity index (χ0v) is 17.6. The third-order valence-electron chi connectivity index (χ3n) is 5.76. The maximum Gasteiger partial charge on any atom is 0.251 e. The molecule has 0 spiro atoms. The maximum absolute atomic E-state index is 12.9. The van der Waals surface area contributed by atoms with E-state index in [-0.39, 0.29) is 29.2 Å². The molecule has 0 unspecified atom stereocenters. The summed E-state index contributed by atoms with van der Waals surface area (Å²) in [5, 5.41) is 0. The zero-order valence-electron chi connectivity index (χ0n) is 16.8. The number of piperidine rings is 1. The van der Waals surface area contributed by atoms with E-state index in [0.717, 1.165) is 5.56 Å². The number of rotatable bonds is 5. The number of anilines is 1. The average molecular weight is 428 g/mol. The van der Waals surface area contributed by atoms with Crippen LogP contribution in [0, 0.1) is 6.92 Å². The van der Waals surface area contributed by atoms with Gasteiger partial charge in [0.25, 0.3) is 5.91 Å². The summed E-state index contributed by atoms with van der Waals surface area (Å²) in [5.74, 6) is -0.395. The van der Waals surface area contributed by atoms with Crippen LogP contribution in [0.25, 0.3) is 0 Å². The topological polar surface area (TPSA) is 86.8 Å². The fourth-order valence-electron chi connectivity index (χ4n) is 4.08. The number of hydrogen-bond acceptors (Lipinski definition) is 5. The van der Waals surface area contributed by atoms with Gasteiger partial charge in [0, 0.05) is 19.1 Å². The molecule has 158 valence electrons. The summed E-state index contributed by atoms with van der Waals surface area (Å²) >= 11 is 0. The predicted octanol–water partition coefficient (Wildman–Crippen LogP) is 2.07. The van der Waals surface area contributed by atoms with Crippen molar-refractivity contribution in [1.82, 2.24) is 9.62 Å². The molecule has 4 rings (SSSR count). The number of sulfonamides is 1. The number of aryl methyl sites for hydroxylation is 1. The standard InChI is InChI=1S/C22H25N3O4S/c1-16-7-9-18(10-8-16)25-21(26)15-20(22(25)27)24-13-11-17(12-14-24)23-30(28,29)19-5-3-2-4-6-19/h2-10,17,20,23H,11-15H2,1H3/t20-/m0/s1. The lowest BCUT2D eigenvalue weighted by molar-refractivity contribution is -0.123. The summed E-state index contributed by atoms with van der Waals surface area (Å²) in [5.41, 5.74) is 1.66. The second-order valence-electron chi connectivity index (χ2n) is 7.87.